The molecule has 1 aliphatic heterocycles. The van der Waals surface area contributed by atoms with E-state index >= 15 is 17.6 Å². The number of rotatable bonds is 6. The number of carboxylic acids is 1. The van der Waals surface area contributed by atoms with Gasteiger partial charge in [0.2, 0.25) is 0 Å². The van der Waals surface area contributed by atoms with E-state index in [-0.39, 0.29) is 14.4 Å². The maximum absolute atomic E-state index is 15.6. The van der Waals surface area contributed by atoms with Crippen molar-refractivity contribution in [2.24, 2.45) is 5.41 Å². The topological polar surface area (TPSA) is 90.6 Å². The molecule has 204 valence electrons. The van der Waals surface area contributed by atoms with Gasteiger partial charge in [-0.25, -0.2) is 23.4 Å². The van der Waals surface area contributed by atoms with E-state index in [2.05, 4.69) is 20.9 Å². The van der Waals surface area contributed by atoms with Crippen molar-refractivity contribution in [3.63, 3.8) is 0 Å². The first-order valence-corrected chi connectivity index (χ1v) is 12.2. The van der Waals surface area contributed by atoms with Gasteiger partial charge in [-0.2, -0.15) is 14.0 Å². The molecule has 13 heteroatoms. The van der Waals surface area contributed by atoms with Gasteiger partial charge in [-0.05, 0) is 51.5 Å². The Kier molecular flexibility index (Phi) is 8.18. The number of alkyl halides is 2. The number of hydrogen-bond acceptors (Lipinski definition) is 5. The molecule has 1 N–H and O–H groups in total. The number of hydrogen-bond donors (Lipinski definition) is 1. The quantitative estimate of drug-likeness (QED) is 0.291. The van der Waals surface area contributed by atoms with E-state index in [4.69, 9.17) is 11.6 Å². The lowest BCUT2D eigenvalue weighted by Gasteiger charge is -2.40. The van der Waals surface area contributed by atoms with Crippen LogP contribution in [0.5, 0.6) is 0 Å². The predicted molar refractivity (Wildman–Crippen MR) is 129 cm³/mol. The summed E-state index contributed by atoms with van der Waals surface area (Å²) in [6.07, 6.45) is -0.437. The highest BCUT2D eigenvalue weighted by Gasteiger charge is 2.72. The zero-order valence-electron chi connectivity index (χ0n) is 20.1. The first-order chi connectivity index (χ1) is 17.5. The molecule has 4 atom stereocenters. The first-order valence-electron chi connectivity index (χ1n) is 11.1. The molecule has 0 unspecified atom stereocenters. The van der Waals surface area contributed by atoms with E-state index < -0.39 is 76.0 Å². The summed E-state index contributed by atoms with van der Waals surface area (Å²) in [5.41, 5.74) is -4.57. The van der Waals surface area contributed by atoms with Gasteiger partial charge in [-0.3, -0.25) is 4.79 Å². The molecule has 2 aromatic carbocycles. The summed E-state index contributed by atoms with van der Waals surface area (Å²) in [6, 6.07) is -1.06. The van der Waals surface area contributed by atoms with Crippen LogP contribution in [-0.2, 0) is 19.9 Å². The van der Waals surface area contributed by atoms with Crippen molar-refractivity contribution in [1.82, 2.24) is 4.90 Å². The minimum absolute atomic E-state index is 0.118. The maximum Gasteiger partial charge on any atom is 0.434 e. The van der Waals surface area contributed by atoms with Gasteiger partial charge in [0, 0.05) is 27.1 Å². The molecule has 0 aliphatic carbocycles. The van der Waals surface area contributed by atoms with Crippen LogP contribution in [0.1, 0.15) is 44.2 Å². The number of nitriles is 1. The first kappa shape index (κ1) is 29.8. The third-order valence-electron chi connectivity index (χ3n) is 6.54. The van der Waals surface area contributed by atoms with Gasteiger partial charge < -0.3 is 5.11 Å². The number of carboxylic acid groups (broad SMARTS) is 1. The van der Waals surface area contributed by atoms with Gasteiger partial charge in [0.25, 0.3) is 0 Å². The smallest absolute Gasteiger partial charge is 0.434 e. The number of aliphatic carboxylic acids is 1. The Balaban J connectivity index is 2.58. The molecule has 1 saturated heterocycles. The standard InChI is InChI=1S/C25H21BrClF5N2O4/c1-23(2,3)10-17-24(11-33,14-8-7-12(27)9-16(14)28)18(13-5-4-6-15(26)19(13)29)20(21(35)36)34(17)25(30,31)22(37)38-32/h4-9,17-18,20H,10H2,1-3H3,(H,35,36)/t17-,18-,20+,24-/m0/s1. The van der Waals surface area contributed by atoms with Crippen molar-refractivity contribution in [2.75, 3.05) is 0 Å². The van der Waals surface area contributed by atoms with Gasteiger partial charge in [-0.1, -0.05) is 50.6 Å². The molecule has 0 amide bonds. The molecular weight excluding hydrogens is 603 g/mol. The summed E-state index contributed by atoms with van der Waals surface area (Å²) in [4.78, 5) is 27.2. The van der Waals surface area contributed by atoms with Crippen molar-refractivity contribution >= 4 is 39.5 Å². The molecule has 0 bridgehead atoms. The van der Waals surface area contributed by atoms with Crippen LogP contribution in [-0.4, -0.2) is 40.1 Å². The van der Waals surface area contributed by atoms with E-state index in [1.165, 1.54) is 12.1 Å². The molecular formula is C25H21BrClF5N2O4. The highest BCUT2D eigenvalue weighted by molar-refractivity contribution is 9.10. The van der Waals surface area contributed by atoms with Crippen molar-refractivity contribution in [2.45, 2.75) is 56.7 Å². The van der Waals surface area contributed by atoms with Crippen molar-refractivity contribution in [1.29, 1.82) is 5.26 Å². The molecule has 1 heterocycles. The van der Waals surface area contributed by atoms with E-state index in [9.17, 15) is 24.5 Å². The fourth-order valence-electron chi connectivity index (χ4n) is 5.21. The predicted octanol–water partition coefficient (Wildman–Crippen LogP) is 6.52. The zero-order chi connectivity index (χ0) is 28.8. The second kappa shape index (κ2) is 10.4. The summed E-state index contributed by atoms with van der Waals surface area (Å²) in [6.45, 7) is 4.71. The Morgan fingerprint density at radius 2 is 1.87 bits per heavy atom. The van der Waals surface area contributed by atoms with E-state index in [1.807, 2.05) is 6.07 Å². The van der Waals surface area contributed by atoms with Crippen molar-refractivity contribution in [3.8, 4) is 6.07 Å². The number of likely N-dealkylation sites (tertiary alicyclic amines) is 1. The monoisotopic (exact) mass is 622 g/mol. The highest BCUT2D eigenvalue weighted by Crippen LogP contribution is 2.58. The Labute approximate surface area is 228 Å². The molecule has 3 rings (SSSR count). The molecule has 1 fully saturated rings. The number of benzene rings is 2. The lowest BCUT2D eigenvalue weighted by molar-refractivity contribution is -0.245. The Morgan fingerprint density at radius 1 is 1.24 bits per heavy atom. The zero-order valence-corrected chi connectivity index (χ0v) is 22.5. The lowest BCUT2D eigenvalue weighted by Crippen LogP contribution is -2.58. The second-order valence-corrected chi connectivity index (χ2v) is 11.4. The van der Waals surface area contributed by atoms with Crippen molar-refractivity contribution < 1.29 is 41.7 Å². The molecule has 0 spiro atoms. The van der Waals surface area contributed by atoms with E-state index in [0.29, 0.717) is 0 Å². The summed E-state index contributed by atoms with van der Waals surface area (Å²) < 4.78 is 75.0. The van der Waals surface area contributed by atoms with Crippen LogP contribution >= 0.6 is 27.5 Å². The molecule has 2 aromatic rings. The number of halogens is 7. The van der Waals surface area contributed by atoms with Crippen LogP contribution in [0.4, 0.5) is 22.1 Å². The van der Waals surface area contributed by atoms with Crippen LogP contribution in [0, 0.1) is 28.4 Å². The third kappa shape index (κ3) is 4.87. The van der Waals surface area contributed by atoms with Gasteiger partial charge in [0.05, 0.1) is 10.5 Å². The average molecular weight is 624 g/mol. The summed E-state index contributed by atoms with van der Waals surface area (Å²) in [7, 11) is 0. The number of carbonyl (C=O) groups excluding carboxylic acids is 1. The fraction of sp³-hybridized carbons (Fsp3) is 0.400. The fourth-order valence-corrected chi connectivity index (χ4v) is 5.75. The van der Waals surface area contributed by atoms with E-state index in [0.717, 1.165) is 24.3 Å². The number of nitrogens with zero attached hydrogens (tertiary/aromatic N) is 2. The van der Waals surface area contributed by atoms with Gasteiger partial charge >= 0.3 is 18.0 Å². The summed E-state index contributed by atoms with van der Waals surface area (Å²) in [5.74, 6) is -9.01. The number of carbonyl (C=O) groups is 2. The van der Waals surface area contributed by atoms with Crippen LogP contribution in [0.3, 0.4) is 0 Å². The molecule has 0 radical (unpaired) electrons. The molecule has 38 heavy (non-hydrogen) atoms. The molecule has 1 aliphatic rings. The van der Waals surface area contributed by atoms with Crippen LogP contribution in [0.2, 0.25) is 5.02 Å². The molecule has 0 aromatic heterocycles. The SMILES string of the molecule is CC(C)(C)C[C@@H]1N(C(F)(F)C(=O)OF)[C@@H](C(=O)O)[C@H](c2cccc(Br)c2F)[C@@]1(C#N)c1ccc(Cl)cc1F. The lowest BCUT2D eigenvalue weighted by atomic mass is 9.62. The van der Waals surface area contributed by atoms with Gasteiger partial charge in [-0.15, -0.1) is 0 Å². The Hall–Kier alpha value is -2.75. The van der Waals surface area contributed by atoms with Crippen LogP contribution < -0.4 is 0 Å². The van der Waals surface area contributed by atoms with Crippen LogP contribution in [0.25, 0.3) is 0 Å². The normalized spacial score (nSPS) is 24.2. The Morgan fingerprint density at radius 3 is 2.37 bits per heavy atom. The highest BCUT2D eigenvalue weighted by atomic mass is 79.9. The molecule has 6 nitrogen and oxygen atoms in total. The minimum atomic E-state index is -4.96. The molecule has 0 saturated carbocycles. The van der Waals surface area contributed by atoms with E-state index in [1.54, 1.807) is 20.8 Å². The van der Waals surface area contributed by atoms with Gasteiger partial charge in [0.15, 0.2) is 0 Å². The van der Waals surface area contributed by atoms with Gasteiger partial charge in [0.1, 0.15) is 23.1 Å². The summed E-state index contributed by atoms with van der Waals surface area (Å²) in [5, 5.41) is 20.8. The minimum Gasteiger partial charge on any atom is -0.480 e. The summed E-state index contributed by atoms with van der Waals surface area (Å²) >= 11 is 8.84. The second-order valence-electron chi connectivity index (χ2n) is 10.1. The van der Waals surface area contributed by atoms with Crippen molar-refractivity contribution in [3.05, 3.63) is 68.7 Å². The Bertz CT molecular complexity index is 1320. The third-order valence-corrected chi connectivity index (χ3v) is 7.39. The average Bonchev–Trinajstić information content (AvgIpc) is 3.10. The largest absolute Gasteiger partial charge is 0.480 e. The van der Waals surface area contributed by atoms with Crippen LogP contribution in [0.15, 0.2) is 40.9 Å². The maximum atomic E-state index is 15.6.